The summed E-state index contributed by atoms with van der Waals surface area (Å²) in [4.78, 5) is 16.0. The Labute approximate surface area is 375 Å². The van der Waals surface area contributed by atoms with E-state index < -0.39 is 0 Å². The second-order valence-electron chi connectivity index (χ2n) is 16.7. The van der Waals surface area contributed by atoms with Gasteiger partial charge in [-0.1, -0.05) is 206 Å². The number of hydrogen-bond acceptors (Lipinski definition) is 3. The summed E-state index contributed by atoms with van der Waals surface area (Å²) >= 11 is 0. The molecule has 0 aliphatic rings. The van der Waals surface area contributed by atoms with Crippen molar-refractivity contribution in [2.45, 2.75) is 0 Å². The zero-order valence-electron chi connectivity index (χ0n) is 35.2. The summed E-state index contributed by atoms with van der Waals surface area (Å²) in [6.45, 7) is 0. The number of fused-ring (bicyclic) bond motifs is 8. The van der Waals surface area contributed by atoms with Crippen molar-refractivity contribution in [3.05, 3.63) is 231 Å². The molecule has 0 bridgehead atoms. The molecular weight excluding hydrogens is 789 g/mol. The molecule has 13 rings (SSSR count). The molecule has 4 heteroatoms. The van der Waals surface area contributed by atoms with Gasteiger partial charge in [0.15, 0.2) is 17.5 Å². The molecule has 0 unspecified atom stereocenters. The van der Waals surface area contributed by atoms with Gasteiger partial charge >= 0.3 is 0 Å². The Balaban J connectivity index is 1.16. The Hall–Kier alpha value is -8.73. The van der Waals surface area contributed by atoms with Crippen LogP contribution >= 0.6 is 0 Å². The third-order valence-corrected chi connectivity index (χ3v) is 13.0. The topological polar surface area (TPSA) is 43.6 Å². The molecule has 302 valence electrons. The molecule has 0 radical (unpaired) electrons. The number of rotatable bonds is 6. The first-order chi connectivity index (χ1) is 32.2. The van der Waals surface area contributed by atoms with E-state index in [2.05, 4.69) is 217 Å². The smallest absolute Gasteiger partial charge is 0.164 e. The molecule has 0 saturated heterocycles. The highest BCUT2D eigenvalue weighted by atomic mass is 15.0. The van der Waals surface area contributed by atoms with Crippen molar-refractivity contribution < 1.29 is 0 Å². The summed E-state index contributed by atoms with van der Waals surface area (Å²) in [5, 5.41) is 11.7. The van der Waals surface area contributed by atoms with Gasteiger partial charge in [-0.25, -0.2) is 15.0 Å². The van der Waals surface area contributed by atoms with E-state index in [1.54, 1.807) is 0 Å². The highest BCUT2D eigenvalue weighted by molar-refractivity contribution is 6.24. The number of benzene rings is 11. The van der Waals surface area contributed by atoms with Crippen LogP contribution in [0.25, 0.3) is 127 Å². The summed E-state index contributed by atoms with van der Waals surface area (Å²) in [5.74, 6) is 1.88. The number of nitrogens with zero attached hydrogens (tertiary/aromatic N) is 4. The van der Waals surface area contributed by atoms with Crippen LogP contribution in [0.5, 0.6) is 0 Å². The molecule has 0 spiro atoms. The van der Waals surface area contributed by atoms with Crippen molar-refractivity contribution >= 4 is 64.9 Å². The lowest BCUT2D eigenvalue weighted by Crippen LogP contribution is -2.04. The zero-order valence-corrected chi connectivity index (χ0v) is 35.2. The van der Waals surface area contributed by atoms with Gasteiger partial charge in [0.1, 0.15) is 0 Å². The zero-order chi connectivity index (χ0) is 42.8. The second-order valence-corrected chi connectivity index (χ2v) is 16.7. The van der Waals surface area contributed by atoms with Crippen LogP contribution in [-0.2, 0) is 0 Å². The summed E-state index contributed by atoms with van der Waals surface area (Å²) in [6.07, 6.45) is 0. The summed E-state index contributed by atoms with van der Waals surface area (Å²) in [5.41, 5.74) is 10.8. The van der Waals surface area contributed by atoms with E-state index >= 15 is 0 Å². The monoisotopic (exact) mass is 826 g/mol. The largest absolute Gasteiger partial charge is 0.308 e. The minimum atomic E-state index is 0.617. The Bertz CT molecular complexity index is 3980. The van der Waals surface area contributed by atoms with Gasteiger partial charge in [-0.2, -0.15) is 0 Å². The maximum atomic E-state index is 5.42. The Morgan fingerprint density at radius 1 is 0.262 bits per heavy atom. The van der Waals surface area contributed by atoms with Crippen molar-refractivity contribution in [1.29, 1.82) is 0 Å². The SMILES string of the molecule is c1ccc(-c2ccc(-c3cc(-c4nc(-c5ccccc5)nc(-c5cccc6ccccc56)n4)c4ccccc4c3-n3c4cc5ccccc5cc4c4c5ccccc5ccc43)cc2)cc1. The summed E-state index contributed by atoms with van der Waals surface area (Å²) in [6, 6.07) is 82.5. The van der Waals surface area contributed by atoms with Crippen LogP contribution in [-0.4, -0.2) is 19.5 Å². The average molecular weight is 827 g/mol. The van der Waals surface area contributed by atoms with Crippen LogP contribution in [0.1, 0.15) is 0 Å². The molecule has 2 aromatic heterocycles. The molecule has 2 heterocycles. The minimum absolute atomic E-state index is 0.617. The van der Waals surface area contributed by atoms with E-state index in [9.17, 15) is 0 Å². The second kappa shape index (κ2) is 15.0. The highest BCUT2D eigenvalue weighted by Crippen LogP contribution is 2.46. The first-order valence-electron chi connectivity index (χ1n) is 22.1. The molecule has 65 heavy (non-hydrogen) atoms. The lowest BCUT2D eigenvalue weighted by molar-refractivity contribution is 1.08. The first kappa shape index (κ1) is 36.9. The van der Waals surface area contributed by atoms with Crippen LogP contribution in [0.3, 0.4) is 0 Å². The van der Waals surface area contributed by atoms with Crippen LogP contribution in [0, 0.1) is 0 Å². The Morgan fingerprint density at radius 3 is 1.52 bits per heavy atom. The van der Waals surface area contributed by atoms with E-state index in [0.717, 1.165) is 71.6 Å². The van der Waals surface area contributed by atoms with Crippen LogP contribution in [0.15, 0.2) is 231 Å². The van der Waals surface area contributed by atoms with E-state index in [4.69, 9.17) is 15.0 Å². The van der Waals surface area contributed by atoms with Crippen molar-refractivity contribution in [1.82, 2.24) is 19.5 Å². The molecular formula is C61H38N4. The van der Waals surface area contributed by atoms with Gasteiger partial charge in [0.25, 0.3) is 0 Å². The number of hydrogen-bond donors (Lipinski definition) is 0. The fourth-order valence-corrected chi connectivity index (χ4v) is 9.95. The molecule has 0 fully saturated rings. The molecule has 0 amide bonds. The maximum absolute atomic E-state index is 5.42. The van der Waals surface area contributed by atoms with Crippen molar-refractivity contribution in [3.8, 4) is 62.1 Å². The normalized spacial score (nSPS) is 11.7. The van der Waals surface area contributed by atoms with Crippen LogP contribution < -0.4 is 0 Å². The Morgan fingerprint density at radius 2 is 0.785 bits per heavy atom. The minimum Gasteiger partial charge on any atom is -0.308 e. The molecule has 0 aliphatic heterocycles. The molecule has 11 aromatic carbocycles. The molecule has 0 N–H and O–H groups in total. The Kier molecular flexibility index (Phi) is 8.50. The molecule has 0 atom stereocenters. The lowest BCUT2D eigenvalue weighted by Gasteiger charge is -2.20. The maximum Gasteiger partial charge on any atom is 0.164 e. The van der Waals surface area contributed by atoms with Gasteiger partial charge in [-0.3, -0.25) is 0 Å². The molecule has 13 aromatic rings. The van der Waals surface area contributed by atoms with Gasteiger partial charge in [-0.05, 0) is 78.7 Å². The van der Waals surface area contributed by atoms with Gasteiger partial charge in [0.05, 0.1) is 16.7 Å². The molecule has 0 saturated carbocycles. The highest BCUT2D eigenvalue weighted by Gasteiger charge is 2.24. The average Bonchev–Trinajstić information content (AvgIpc) is 3.70. The molecule has 4 nitrogen and oxygen atoms in total. The van der Waals surface area contributed by atoms with Gasteiger partial charge < -0.3 is 4.57 Å². The van der Waals surface area contributed by atoms with Gasteiger partial charge in [-0.15, -0.1) is 0 Å². The third kappa shape index (κ3) is 6.11. The van der Waals surface area contributed by atoms with Crippen molar-refractivity contribution in [2.75, 3.05) is 0 Å². The van der Waals surface area contributed by atoms with E-state index in [1.165, 1.54) is 37.9 Å². The standard InChI is InChI=1S/C61H38N4/c1-3-16-39(17-4-1)40-30-32-43(33-31-40)52-38-53(61-63-59(44-20-5-2-6-21-44)62-60(64-61)51-29-15-24-41-18-9-11-25-47(41)51)49-27-13-14-28-50(49)58(52)65-55-35-34-42-19-10-12-26-48(42)57(55)54-36-45-22-7-8-23-46(45)37-56(54)65/h1-38H. The fourth-order valence-electron chi connectivity index (χ4n) is 9.95. The third-order valence-electron chi connectivity index (χ3n) is 13.0. The number of aromatic nitrogens is 4. The first-order valence-corrected chi connectivity index (χ1v) is 22.1. The predicted molar refractivity (Wildman–Crippen MR) is 271 cm³/mol. The van der Waals surface area contributed by atoms with Gasteiger partial charge in [0, 0.05) is 38.4 Å². The quantitative estimate of drug-likeness (QED) is 0.168. The van der Waals surface area contributed by atoms with Crippen LogP contribution in [0.2, 0.25) is 0 Å². The molecule has 0 aliphatic carbocycles. The predicted octanol–water partition coefficient (Wildman–Crippen LogP) is 15.9. The van der Waals surface area contributed by atoms with E-state index in [0.29, 0.717) is 17.5 Å². The van der Waals surface area contributed by atoms with Gasteiger partial charge in [0.2, 0.25) is 0 Å². The lowest BCUT2D eigenvalue weighted by atomic mass is 9.92. The van der Waals surface area contributed by atoms with Crippen molar-refractivity contribution in [3.63, 3.8) is 0 Å². The van der Waals surface area contributed by atoms with Crippen LogP contribution in [0.4, 0.5) is 0 Å². The summed E-state index contributed by atoms with van der Waals surface area (Å²) in [7, 11) is 0. The van der Waals surface area contributed by atoms with Crippen molar-refractivity contribution in [2.24, 2.45) is 0 Å². The van der Waals surface area contributed by atoms with E-state index in [1.807, 2.05) is 18.2 Å². The fraction of sp³-hybridized carbons (Fsp3) is 0. The summed E-state index contributed by atoms with van der Waals surface area (Å²) < 4.78 is 2.51. The van der Waals surface area contributed by atoms with E-state index in [-0.39, 0.29) is 0 Å².